The van der Waals surface area contributed by atoms with Crippen molar-refractivity contribution in [1.82, 2.24) is 0 Å². The first-order chi connectivity index (χ1) is 32.0. The Kier molecular flexibility index (Phi) is 35.0. The Bertz CT molecular complexity index is 1290. The maximum Gasteiger partial charge on any atom is 0.306 e. The van der Waals surface area contributed by atoms with Crippen molar-refractivity contribution in [3.63, 3.8) is 0 Å². The van der Waals surface area contributed by atoms with Gasteiger partial charge in [0.1, 0.15) is 55.4 Å². The van der Waals surface area contributed by atoms with Gasteiger partial charge in [-0.05, 0) is 70.6 Å². The number of hydrogen-bond donors (Lipinski definition) is 7. The van der Waals surface area contributed by atoms with Crippen molar-refractivity contribution in [2.75, 3.05) is 26.4 Å². The molecule has 66 heavy (non-hydrogen) atoms. The normalized spacial score (nSPS) is 26.4. The van der Waals surface area contributed by atoms with Crippen LogP contribution in [0.5, 0.6) is 0 Å². The van der Waals surface area contributed by atoms with Gasteiger partial charge >= 0.3 is 11.9 Å². The summed E-state index contributed by atoms with van der Waals surface area (Å²) in [6.45, 7) is 2.53. The van der Waals surface area contributed by atoms with Crippen LogP contribution in [0.4, 0.5) is 0 Å². The summed E-state index contributed by atoms with van der Waals surface area (Å²) >= 11 is 0. The molecule has 2 fully saturated rings. The number of rotatable bonds is 39. The van der Waals surface area contributed by atoms with Crippen molar-refractivity contribution in [3.8, 4) is 0 Å². The molecule has 0 aliphatic carbocycles. The number of esters is 2. The van der Waals surface area contributed by atoms with E-state index in [0.717, 1.165) is 70.6 Å². The molecule has 11 atom stereocenters. The molecule has 7 N–H and O–H groups in total. The zero-order valence-electron chi connectivity index (χ0n) is 40.4. The second-order valence-electron chi connectivity index (χ2n) is 18.0. The highest BCUT2D eigenvalue weighted by Crippen LogP contribution is 2.26. The molecule has 15 nitrogen and oxygen atoms in total. The second-order valence-corrected chi connectivity index (χ2v) is 18.0. The number of hydrogen-bond acceptors (Lipinski definition) is 15. The van der Waals surface area contributed by atoms with E-state index in [1.54, 1.807) is 0 Å². The molecule has 0 bridgehead atoms. The van der Waals surface area contributed by atoms with E-state index in [9.17, 15) is 45.3 Å². The minimum atomic E-state index is -1.77. The third kappa shape index (κ3) is 26.5. The highest BCUT2D eigenvalue weighted by atomic mass is 16.7. The summed E-state index contributed by atoms with van der Waals surface area (Å²) in [5.74, 6) is -0.958. The number of aliphatic hydroxyl groups is 7. The van der Waals surface area contributed by atoms with Gasteiger partial charge in [0.15, 0.2) is 18.7 Å². The van der Waals surface area contributed by atoms with Crippen LogP contribution in [0.1, 0.15) is 181 Å². The van der Waals surface area contributed by atoms with Crippen LogP contribution in [0.2, 0.25) is 0 Å². The summed E-state index contributed by atoms with van der Waals surface area (Å²) in [6, 6.07) is 0. The van der Waals surface area contributed by atoms with Gasteiger partial charge < -0.3 is 64.2 Å². The predicted molar refractivity (Wildman–Crippen MR) is 252 cm³/mol. The zero-order chi connectivity index (χ0) is 48.2. The molecule has 0 amide bonds. The van der Waals surface area contributed by atoms with Crippen molar-refractivity contribution in [2.24, 2.45) is 0 Å². The van der Waals surface area contributed by atoms with Gasteiger partial charge in [0.05, 0.1) is 19.8 Å². The lowest BCUT2D eigenvalue weighted by atomic mass is 9.98. The molecule has 0 aromatic heterocycles. The Balaban J connectivity index is 1.83. The van der Waals surface area contributed by atoms with Crippen LogP contribution in [-0.2, 0) is 38.0 Å². The molecular weight excluding hydrogens is 853 g/mol. The Morgan fingerprint density at radius 2 is 0.909 bits per heavy atom. The molecule has 4 unspecified atom stereocenters. The van der Waals surface area contributed by atoms with Crippen LogP contribution in [0.3, 0.4) is 0 Å². The molecule has 2 saturated heterocycles. The fourth-order valence-corrected chi connectivity index (χ4v) is 7.83. The first-order valence-electron chi connectivity index (χ1n) is 25.6. The molecule has 0 saturated carbocycles. The van der Waals surface area contributed by atoms with Gasteiger partial charge in [-0.15, -0.1) is 0 Å². The highest BCUT2D eigenvalue weighted by molar-refractivity contribution is 5.70. The number of carbonyl (C=O) groups excluding carboxylic acids is 2. The Hall–Kier alpha value is -2.28. The summed E-state index contributed by atoms with van der Waals surface area (Å²) in [5.41, 5.74) is 0. The quantitative estimate of drug-likeness (QED) is 0.0188. The highest BCUT2D eigenvalue weighted by Gasteiger charge is 2.47. The van der Waals surface area contributed by atoms with Gasteiger partial charge in [-0.1, -0.05) is 134 Å². The van der Waals surface area contributed by atoms with Gasteiger partial charge in [0.25, 0.3) is 0 Å². The molecule has 0 spiro atoms. The topological polar surface area (TPSA) is 231 Å². The van der Waals surface area contributed by atoms with Gasteiger partial charge in [-0.2, -0.15) is 0 Å². The average Bonchev–Trinajstić information content (AvgIpc) is 3.31. The van der Waals surface area contributed by atoms with E-state index in [0.29, 0.717) is 12.8 Å². The molecular formula is C51H90O15. The van der Waals surface area contributed by atoms with E-state index < -0.39 is 99.3 Å². The molecule has 0 aromatic rings. The van der Waals surface area contributed by atoms with E-state index in [1.807, 2.05) is 0 Å². The van der Waals surface area contributed by atoms with Crippen molar-refractivity contribution in [2.45, 2.75) is 248 Å². The Morgan fingerprint density at radius 1 is 0.485 bits per heavy atom. The summed E-state index contributed by atoms with van der Waals surface area (Å²) < 4.78 is 33.5. The van der Waals surface area contributed by atoms with Gasteiger partial charge in [0, 0.05) is 12.8 Å². The molecule has 0 aromatic carbocycles. The van der Waals surface area contributed by atoms with Crippen molar-refractivity contribution in [1.29, 1.82) is 0 Å². The number of carbonyl (C=O) groups is 2. The van der Waals surface area contributed by atoms with Gasteiger partial charge in [-0.3, -0.25) is 9.59 Å². The van der Waals surface area contributed by atoms with Crippen molar-refractivity contribution < 1.29 is 73.8 Å². The summed E-state index contributed by atoms with van der Waals surface area (Å²) in [6.07, 6.45) is 23.1. The standard InChI is InChI=1S/C51H90O15/c1-3-5-7-9-11-13-15-17-19-21-23-25-27-29-31-33-42(53)61-36-39(64-43(54)34-32-30-28-26-24-22-20-18-16-14-12-10-8-6-4-2)37-62-50-49(60)47(58)45(56)41(66-50)38-63-51-48(59)46(57)44(55)40(35-52)65-51/h11,13,17,19,22,24,39-41,44-52,55-60H,3-10,12,14-16,18,20-21,23,25-38H2,1-2H3/b13-11+,19-17+,24-22+/t39-,40-,41-,44+,45+,46?,47?,48?,49?,50-,51-/m1/s1. The van der Waals surface area contributed by atoms with Crippen LogP contribution >= 0.6 is 0 Å². The number of aliphatic hydroxyl groups excluding tert-OH is 7. The van der Waals surface area contributed by atoms with E-state index in [4.69, 9.17) is 28.4 Å². The molecule has 2 rings (SSSR count). The summed E-state index contributed by atoms with van der Waals surface area (Å²) in [4.78, 5) is 25.7. The van der Waals surface area contributed by atoms with Crippen LogP contribution in [0.15, 0.2) is 36.5 Å². The van der Waals surface area contributed by atoms with Gasteiger partial charge in [0.2, 0.25) is 0 Å². The van der Waals surface area contributed by atoms with Crippen LogP contribution in [0.25, 0.3) is 0 Å². The van der Waals surface area contributed by atoms with E-state index in [-0.39, 0.29) is 19.4 Å². The third-order valence-electron chi connectivity index (χ3n) is 12.1. The van der Waals surface area contributed by atoms with E-state index in [1.165, 1.54) is 70.6 Å². The predicted octanol–water partition coefficient (Wildman–Crippen LogP) is 6.93. The second kappa shape index (κ2) is 38.6. The monoisotopic (exact) mass is 943 g/mol. The molecule has 15 heteroatoms. The van der Waals surface area contributed by atoms with Gasteiger partial charge in [-0.25, -0.2) is 0 Å². The Morgan fingerprint density at radius 3 is 1.47 bits per heavy atom. The molecule has 2 aliphatic rings. The molecule has 2 heterocycles. The largest absolute Gasteiger partial charge is 0.462 e. The fraction of sp³-hybridized carbons (Fsp3) is 0.843. The summed E-state index contributed by atoms with van der Waals surface area (Å²) in [5, 5.41) is 72.0. The number of allylic oxidation sites excluding steroid dienone is 6. The molecule has 2 aliphatic heterocycles. The van der Waals surface area contributed by atoms with Crippen LogP contribution in [0, 0.1) is 0 Å². The zero-order valence-corrected chi connectivity index (χ0v) is 40.4. The lowest BCUT2D eigenvalue weighted by molar-refractivity contribution is -0.332. The summed E-state index contributed by atoms with van der Waals surface area (Å²) in [7, 11) is 0. The van der Waals surface area contributed by atoms with Crippen LogP contribution < -0.4 is 0 Å². The van der Waals surface area contributed by atoms with Crippen LogP contribution in [-0.4, -0.2) is 142 Å². The maximum atomic E-state index is 13.0. The first kappa shape index (κ1) is 59.8. The number of unbranched alkanes of at least 4 members (excludes halogenated alkanes) is 19. The van der Waals surface area contributed by atoms with Crippen molar-refractivity contribution in [3.05, 3.63) is 36.5 Å². The van der Waals surface area contributed by atoms with E-state index in [2.05, 4.69) is 50.3 Å². The SMILES string of the molecule is CCCCC/C=C/C/C=C/CCCCCCCC(=O)OC[C@H](CO[C@@H]1O[C@H](CO[C@@H]2O[C@H](CO)[C@H](O)C(O)C2O)[C@H](O)C(O)C1O)OC(=O)CCCCC/C=C/CCCCCCCCCC. The molecule has 0 radical (unpaired) electrons. The third-order valence-corrected chi connectivity index (χ3v) is 12.1. The Labute approximate surface area is 395 Å². The lowest BCUT2D eigenvalue weighted by Crippen LogP contribution is -2.61. The van der Waals surface area contributed by atoms with Crippen molar-refractivity contribution >= 4 is 11.9 Å². The molecule has 384 valence electrons. The maximum absolute atomic E-state index is 13.0. The first-order valence-corrected chi connectivity index (χ1v) is 25.6. The minimum Gasteiger partial charge on any atom is -0.462 e. The number of ether oxygens (including phenoxy) is 6. The van der Waals surface area contributed by atoms with E-state index >= 15 is 0 Å². The average molecular weight is 943 g/mol. The smallest absolute Gasteiger partial charge is 0.306 e. The minimum absolute atomic E-state index is 0.142. The fourth-order valence-electron chi connectivity index (χ4n) is 7.83. The lowest BCUT2D eigenvalue weighted by Gasteiger charge is -2.42.